The lowest BCUT2D eigenvalue weighted by atomic mass is 10.2. The highest BCUT2D eigenvalue weighted by atomic mass is 32.1. The molecule has 2 heterocycles. The van der Waals surface area contributed by atoms with Crippen molar-refractivity contribution in [2.75, 3.05) is 5.73 Å². The van der Waals surface area contributed by atoms with Gasteiger partial charge in [-0.1, -0.05) is 24.6 Å². The minimum absolute atomic E-state index is 0.718. The van der Waals surface area contributed by atoms with Crippen molar-refractivity contribution >= 4 is 17.0 Å². The summed E-state index contributed by atoms with van der Waals surface area (Å²) < 4.78 is 1.84. The van der Waals surface area contributed by atoms with Gasteiger partial charge in [-0.15, -0.1) is 11.3 Å². The van der Waals surface area contributed by atoms with E-state index in [-0.39, 0.29) is 0 Å². The van der Waals surface area contributed by atoms with E-state index < -0.39 is 0 Å². The third-order valence-corrected chi connectivity index (χ3v) is 4.52. The van der Waals surface area contributed by atoms with Gasteiger partial charge < -0.3 is 5.73 Å². The van der Waals surface area contributed by atoms with Crippen LogP contribution in [0.4, 0.5) is 5.69 Å². The molecular weight excluding hydrogens is 266 g/mol. The molecule has 3 aromatic rings. The second-order valence-electron chi connectivity index (χ2n) is 4.83. The molecule has 0 atom stereocenters. The second-order valence-corrected chi connectivity index (χ2v) is 6.00. The van der Waals surface area contributed by atoms with Crippen LogP contribution in [0.3, 0.4) is 0 Å². The van der Waals surface area contributed by atoms with Crippen molar-refractivity contribution in [2.45, 2.75) is 20.3 Å². The van der Waals surface area contributed by atoms with Gasteiger partial charge in [0, 0.05) is 4.88 Å². The monoisotopic (exact) mass is 283 g/mol. The lowest BCUT2D eigenvalue weighted by Crippen LogP contribution is -1.94. The highest BCUT2D eigenvalue weighted by Crippen LogP contribution is 2.31. The van der Waals surface area contributed by atoms with Crippen LogP contribution >= 0.6 is 11.3 Å². The normalized spacial score (nSPS) is 10.9. The first-order valence-electron chi connectivity index (χ1n) is 6.68. The molecular formula is C16H17N3S. The molecule has 0 amide bonds. The number of rotatable bonds is 3. The summed E-state index contributed by atoms with van der Waals surface area (Å²) in [6, 6.07) is 12.5. The van der Waals surface area contributed by atoms with E-state index in [1.54, 1.807) is 11.3 Å². The molecule has 2 aromatic heterocycles. The molecule has 0 radical (unpaired) electrons. The zero-order valence-corrected chi connectivity index (χ0v) is 12.4. The highest BCUT2D eigenvalue weighted by molar-refractivity contribution is 7.15. The SMILES string of the molecule is CCc1ccc(-c2nn(-c3ccc(C)cc3)cc2N)s1. The van der Waals surface area contributed by atoms with E-state index in [4.69, 9.17) is 5.73 Å². The molecule has 0 fully saturated rings. The lowest BCUT2D eigenvalue weighted by Gasteiger charge is -2.00. The number of anilines is 1. The van der Waals surface area contributed by atoms with Gasteiger partial charge >= 0.3 is 0 Å². The van der Waals surface area contributed by atoms with Crippen molar-refractivity contribution < 1.29 is 0 Å². The van der Waals surface area contributed by atoms with Gasteiger partial charge in [0.15, 0.2) is 0 Å². The van der Waals surface area contributed by atoms with Crippen molar-refractivity contribution in [1.82, 2.24) is 9.78 Å². The van der Waals surface area contributed by atoms with Crippen LogP contribution in [0.2, 0.25) is 0 Å². The molecule has 102 valence electrons. The Kier molecular flexibility index (Phi) is 3.32. The Morgan fingerprint density at radius 2 is 1.90 bits per heavy atom. The van der Waals surface area contributed by atoms with Gasteiger partial charge in [0.25, 0.3) is 0 Å². The summed E-state index contributed by atoms with van der Waals surface area (Å²) in [4.78, 5) is 2.48. The Bertz CT molecular complexity index is 723. The van der Waals surface area contributed by atoms with Crippen LogP contribution in [-0.2, 0) is 6.42 Å². The Morgan fingerprint density at radius 1 is 1.15 bits per heavy atom. The molecule has 20 heavy (non-hydrogen) atoms. The van der Waals surface area contributed by atoms with Gasteiger partial charge in [-0.05, 0) is 37.6 Å². The molecule has 3 nitrogen and oxygen atoms in total. The molecule has 0 aliphatic heterocycles. The van der Waals surface area contributed by atoms with Crippen molar-refractivity contribution in [3.05, 3.63) is 53.0 Å². The third kappa shape index (κ3) is 2.34. The molecule has 0 spiro atoms. The minimum atomic E-state index is 0.718. The molecule has 0 unspecified atom stereocenters. The summed E-state index contributed by atoms with van der Waals surface area (Å²) in [5.74, 6) is 0. The fourth-order valence-electron chi connectivity index (χ4n) is 2.10. The molecule has 0 saturated heterocycles. The molecule has 0 aliphatic carbocycles. The van der Waals surface area contributed by atoms with Crippen LogP contribution in [0.5, 0.6) is 0 Å². The number of nitrogen functional groups attached to an aromatic ring is 1. The van der Waals surface area contributed by atoms with E-state index in [0.29, 0.717) is 0 Å². The number of nitrogens with two attached hydrogens (primary N) is 1. The predicted octanol–water partition coefficient (Wildman–Crippen LogP) is 4.05. The van der Waals surface area contributed by atoms with Crippen molar-refractivity contribution in [1.29, 1.82) is 0 Å². The Balaban J connectivity index is 2.00. The maximum absolute atomic E-state index is 6.11. The summed E-state index contributed by atoms with van der Waals surface area (Å²) in [5, 5.41) is 4.63. The highest BCUT2D eigenvalue weighted by Gasteiger charge is 2.11. The van der Waals surface area contributed by atoms with Crippen LogP contribution < -0.4 is 5.73 Å². The van der Waals surface area contributed by atoms with E-state index in [2.05, 4.69) is 55.3 Å². The molecule has 0 aliphatic rings. The van der Waals surface area contributed by atoms with Gasteiger partial charge in [-0.3, -0.25) is 0 Å². The van der Waals surface area contributed by atoms with Crippen molar-refractivity contribution in [3.63, 3.8) is 0 Å². The van der Waals surface area contributed by atoms with Gasteiger partial charge in [-0.25, -0.2) is 4.68 Å². The van der Waals surface area contributed by atoms with Gasteiger partial charge in [0.1, 0.15) is 5.69 Å². The van der Waals surface area contributed by atoms with E-state index >= 15 is 0 Å². The lowest BCUT2D eigenvalue weighted by molar-refractivity contribution is 0.885. The minimum Gasteiger partial charge on any atom is -0.396 e. The van der Waals surface area contributed by atoms with Crippen molar-refractivity contribution in [3.8, 4) is 16.3 Å². The summed E-state index contributed by atoms with van der Waals surface area (Å²) in [6.45, 7) is 4.23. The average molecular weight is 283 g/mol. The summed E-state index contributed by atoms with van der Waals surface area (Å²) in [5.41, 5.74) is 9.97. The average Bonchev–Trinajstić information content (AvgIpc) is 3.05. The predicted molar refractivity (Wildman–Crippen MR) is 85.4 cm³/mol. The van der Waals surface area contributed by atoms with Crippen LogP contribution in [0, 0.1) is 6.92 Å². The fourth-order valence-corrected chi connectivity index (χ4v) is 3.06. The van der Waals surface area contributed by atoms with Crippen LogP contribution in [-0.4, -0.2) is 9.78 Å². The maximum Gasteiger partial charge on any atom is 0.126 e. The quantitative estimate of drug-likeness (QED) is 0.788. The number of benzene rings is 1. The van der Waals surface area contributed by atoms with Crippen LogP contribution in [0.1, 0.15) is 17.4 Å². The molecule has 2 N–H and O–H groups in total. The van der Waals surface area contributed by atoms with E-state index in [9.17, 15) is 0 Å². The Labute approximate surface area is 122 Å². The molecule has 1 aromatic carbocycles. The summed E-state index contributed by atoms with van der Waals surface area (Å²) in [7, 11) is 0. The first-order chi connectivity index (χ1) is 9.67. The first-order valence-corrected chi connectivity index (χ1v) is 7.50. The number of aryl methyl sites for hydroxylation is 2. The topological polar surface area (TPSA) is 43.8 Å². The third-order valence-electron chi connectivity index (χ3n) is 3.28. The number of nitrogens with zero attached hydrogens (tertiary/aromatic N) is 2. The first kappa shape index (κ1) is 12.9. The van der Waals surface area contributed by atoms with Gasteiger partial charge in [0.05, 0.1) is 22.4 Å². The molecule has 4 heteroatoms. The fraction of sp³-hybridized carbons (Fsp3) is 0.188. The molecule has 0 saturated carbocycles. The van der Waals surface area contributed by atoms with Crippen LogP contribution in [0.15, 0.2) is 42.6 Å². The van der Waals surface area contributed by atoms with E-state index in [0.717, 1.165) is 28.4 Å². The Hall–Kier alpha value is -2.07. The number of thiophene rings is 1. The summed E-state index contributed by atoms with van der Waals surface area (Å²) in [6.07, 6.45) is 2.93. The van der Waals surface area contributed by atoms with Crippen LogP contribution in [0.25, 0.3) is 16.3 Å². The number of hydrogen-bond acceptors (Lipinski definition) is 3. The smallest absolute Gasteiger partial charge is 0.126 e. The maximum atomic E-state index is 6.11. The second kappa shape index (κ2) is 5.13. The molecule has 3 rings (SSSR count). The largest absolute Gasteiger partial charge is 0.396 e. The molecule has 0 bridgehead atoms. The van der Waals surface area contributed by atoms with Crippen molar-refractivity contribution in [2.24, 2.45) is 0 Å². The van der Waals surface area contributed by atoms with Gasteiger partial charge in [-0.2, -0.15) is 5.10 Å². The summed E-state index contributed by atoms with van der Waals surface area (Å²) >= 11 is 1.76. The zero-order chi connectivity index (χ0) is 14.1. The zero-order valence-electron chi connectivity index (χ0n) is 11.6. The number of hydrogen-bond donors (Lipinski definition) is 1. The van der Waals surface area contributed by atoms with E-state index in [1.165, 1.54) is 10.4 Å². The standard InChI is InChI=1S/C16H17N3S/c1-3-13-8-9-15(20-13)16-14(17)10-19(18-16)12-6-4-11(2)5-7-12/h4-10H,3,17H2,1-2H3. The van der Waals surface area contributed by atoms with Gasteiger partial charge in [0.2, 0.25) is 0 Å². The Morgan fingerprint density at radius 3 is 2.55 bits per heavy atom. The van der Waals surface area contributed by atoms with E-state index in [1.807, 2.05) is 10.9 Å². The number of aromatic nitrogens is 2.